The Balaban J connectivity index is 1.58. The van der Waals surface area contributed by atoms with Crippen molar-refractivity contribution in [2.75, 3.05) is 6.54 Å². The Morgan fingerprint density at radius 3 is 3.14 bits per heavy atom. The smallest absolute Gasteiger partial charge is 0.254 e. The minimum absolute atomic E-state index is 0.0240. The summed E-state index contributed by atoms with van der Waals surface area (Å²) in [5, 5.41) is 1.24. The number of nitrogens with zero attached hydrogens (tertiary/aromatic N) is 2. The van der Waals surface area contributed by atoms with Crippen LogP contribution in [0.2, 0.25) is 0 Å². The van der Waals surface area contributed by atoms with E-state index in [1.165, 1.54) is 10.9 Å². The Labute approximate surface area is 128 Å². The van der Waals surface area contributed by atoms with E-state index in [1.54, 1.807) is 0 Å². The first-order chi connectivity index (χ1) is 10.7. The van der Waals surface area contributed by atoms with E-state index in [2.05, 4.69) is 44.1 Å². The normalized spacial score (nSPS) is 15.1. The third-order valence-electron chi connectivity index (χ3n) is 4.29. The van der Waals surface area contributed by atoms with Gasteiger partial charge in [-0.15, -0.1) is 0 Å². The molecule has 0 spiro atoms. The molecule has 2 aromatic heterocycles. The zero-order valence-electron chi connectivity index (χ0n) is 12.5. The molecule has 0 saturated carbocycles. The number of benzene rings is 1. The molecule has 1 aliphatic rings. The Morgan fingerprint density at radius 1 is 1.32 bits per heavy atom. The number of hydrogen-bond donors (Lipinski definition) is 2. The number of nitrogens with one attached hydrogen (secondary N) is 2. The van der Waals surface area contributed by atoms with Crippen molar-refractivity contribution in [3.8, 4) is 0 Å². The van der Waals surface area contributed by atoms with Crippen LogP contribution in [0.3, 0.4) is 0 Å². The van der Waals surface area contributed by atoms with E-state index in [0.29, 0.717) is 5.82 Å². The van der Waals surface area contributed by atoms with Crippen molar-refractivity contribution >= 4 is 10.9 Å². The summed E-state index contributed by atoms with van der Waals surface area (Å²) in [6.45, 7) is 4.35. The maximum atomic E-state index is 11.9. The number of rotatable bonds is 2. The summed E-state index contributed by atoms with van der Waals surface area (Å²) in [5.74, 6) is 0.694. The first-order valence-electron chi connectivity index (χ1n) is 7.56. The zero-order valence-corrected chi connectivity index (χ0v) is 12.5. The van der Waals surface area contributed by atoms with Gasteiger partial charge >= 0.3 is 0 Å². The number of H-pyrrole nitrogens is 2. The first kappa shape index (κ1) is 13.3. The van der Waals surface area contributed by atoms with Gasteiger partial charge in [0.1, 0.15) is 5.82 Å². The highest BCUT2D eigenvalue weighted by molar-refractivity contribution is 5.79. The molecule has 112 valence electrons. The van der Waals surface area contributed by atoms with Crippen LogP contribution in [0.1, 0.15) is 22.6 Å². The fourth-order valence-electron chi connectivity index (χ4n) is 3.21. The molecule has 0 atom stereocenters. The Bertz CT molecular complexity index is 893. The van der Waals surface area contributed by atoms with E-state index >= 15 is 0 Å². The average molecular weight is 294 g/mol. The maximum absolute atomic E-state index is 11.9. The lowest BCUT2D eigenvalue weighted by molar-refractivity contribution is 0.240. The van der Waals surface area contributed by atoms with Gasteiger partial charge in [0.2, 0.25) is 0 Å². The van der Waals surface area contributed by atoms with Crippen molar-refractivity contribution < 1.29 is 0 Å². The molecular formula is C17H18N4O. The molecule has 0 radical (unpaired) electrons. The van der Waals surface area contributed by atoms with Crippen LogP contribution in [0, 0.1) is 6.92 Å². The fourth-order valence-corrected chi connectivity index (χ4v) is 3.21. The number of fused-ring (bicyclic) bond motifs is 2. The van der Waals surface area contributed by atoms with Gasteiger partial charge in [-0.05, 0) is 42.5 Å². The van der Waals surface area contributed by atoms with Gasteiger partial charge in [-0.3, -0.25) is 9.69 Å². The van der Waals surface area contributed by atoms with Crippen molar-refractivity contribution in [3.05, 3.63) is 63.5 Å². The second kappa shape index (κ2) is 5.10. The van der Waals surface area contributed by atoms with Gasteiger partial charge < -0.3 is 9.97 Å². The van der Waals surface area contributed by atoms with Crippen molar-refractivity contribution in [2.24, 2.45) is 0 Å². The van der Waals surface area contributed by atoms with Gasteiger partial charge in [0, 0.05) is 36.9 Å². The van der Waals surface area contributed by atoms with Crippen LogP contribution in [-0.4, -0.2) is 26.4 Å². The number of hydrogen-bond acceptors (Lipinski definition) is 3. The summed E-state index contributed by atoms with van der Waals surface area (Å²) in [6.07, 6.45) is 2.73. The van der Waals surface area contributed by atoms with Crippen molar-refractivity contribution in [3.63, 3.8) is 0 Å². The molecule has 1 aliphatic heterocycles. The average Bonchev–Trinajstić information content (AvgIpc) is 2.94. The highest BCUT2D eigenvalue weighted by atomic mass is 16.1. The molecule has 0 bridgehead atoms. The van der Waals surface area contributed by atoms with E-state index in [4.69, 9.17) is 0 Å². The van der Waals surface area contributed by atoms with Crippen LogP contribution in [0.5, 0.6) is 0 Å². The zero-order chi connectivity index (χ0) is 15.1. The molecule has 0 fully saturated rings. The molecule has 0 aliphatic carbocycles. The summed E-state index contributed by atoms with van der Waals surface area (Å²) in [7, 11) is 0. The summed E-state index contributed by atoms with van der Waals surface area (Å²) in [4.78, 5) is 24.8. The van der Waals surface area contributed by atoms with Gasteiger partial charge in [0.15, 0.2) is 0 Å². The minimum atomic E-state index is 0.0240. The largest absolute Gasteiger partial charge is 0.361 e. The van der Waals surface area contributed by atoms with Crippen LogP contribution >= 0.6 is 0 Å². The van der Waals surface area contributed by atoms with Gasteiger partial charge in [-0.25, -0.2) is 4.98 Å². The molecule has 0 amide bonds. The van der Waals surface area contributed by atoms with E-state index < -0.39 is 0 Å². The monoisotopic (exact) mass is 294 g/mol. The molecule has 5 heteroatoms. The number of aromatic nitrogens is 3. The van der Waals surface area contributed by atoms with E-state index in [1.807, 2.05) is 13.1 Å². The van der Waals surface area contributed by atoms with E-state index in [0.717, 1.165) is 42.8 Å². The highest BCUT2D eigenvalue weighted by Crippen LogP contribution is 2.19. The van der Waals surface area contributed by atoms with E-state index in [-0.39, 0.29) is 5.56 Å². The molecule has 5 nitrogen and oxygen atoms in total. The minimum Gasteiger partial charge on any atom is -0.361 e. The summed E-state index contributed by atoms with van der Waals surface area (Å²) in [5.41, 5.74) is 4.25. The lowest BCUT2D eigenvalue weighted by atomic mass is 10.1. The fraction of sp³-hybridized carbons (Fsp3) is 0.294. The molecule has 3 heterocycles. The molecule has 4 rings (SSSR count). The van der Waals surface area contributed by atoms with Crippen LogP contribution in [0.15, 0.2) is 35.3 Å². The first-order valence-corrected chi connectivity index (χ1v) is 7.56. The van der Waals surface area contributed by atoms with Gasteiger partial charge in [-0.1, -0.05) is 6.07 Å². The predicted octanol–water partition coefficient (Wildman–Crippen LogP) is 2.12. The molecule has 22 heavy (non-hydrogen) atoms. The molecule has 1 aromatic carbocycles. The highest BCUT2D eigenvalue weighted by Gasteiger charge is 2.20. The second-order valence-electron chi connectivity index (χ2n) is 5.94. The quantitative estimate of drug-likeness (QED) is 0.761. The molecule has 0 unspecified atom stereocenters. The third-order valence-corrected chi connectivity index (χ3v) is 4.29. The Morgan fingerprint density at radius 2 is 2.23 bits per heavy atom. The Kier molecular flexibility index (Phi) is 3.08. The van der Waals surface area contributed by atoms with Crippen LogP contribution in [-0.2, 0) is 19.5 Å². The summed E-state index contributed by atoms with van der Waals surface area (Å²) >= 11 is 0. The maximum Gasteiger partial charge on any atom is 0.254 e. The summed E-state index contributed by atoms with van der Waals surface area (Å²) < 4.78 is 0. The molecule has 3 aromatic rings. The van der Waals surface area contributed by atoms with Crippen LogP contribution in [0.25, 0.3) is 10.9 Å². The predicted molar refractivity (Wildman–Crippen MR) is 85.7 cm³/mol. The third kappa shape index (κ3) is 2.33. The molecule has 0 saturated heterocycles. The van der Waals surface area contributed by atoms with Crippen LogP contribution in [0.4, 0.5) is 0 Å². The summed E-state index contributed by atoms with van der Waals surface area (Å²) in [6, 6.07) is 8.59. The SMILES string of the molecule is Cc1nc2c(c(=O)[nH]1)CCN(Cc1ccc3[nH]ccc3c1)C2. The number of aryl methyl sites for hydroxylation is 1. The Hall–Kier alpha value is -2.40. The molecular weight excluding hydrogens is 276 g/mol. The lowest BCUT2D eigenvalue weighted by Gasteiger charge is -2.27. The topological polar surface area (TPSA) is 64.8 Å². The van der Waals surface area contributed by atoms with E-state index in [9.17, 15) is 4.79 Å². The number of aromatic amines is 2. The second-order valence-corrected chi connectivity index (χ2v) is 5.94. The van der Waals surface area contributed by atoms with Crippen molar-refractivity contribution in [1.29, 1.82) is 0 Å². The van der Waals surface area contributed by atoms with Gasteiger partial charge in [-0.2, -0.15) is 0 Å². The van der Waals surface area contributed by atoms with Crippen molar-refractivity contribution in [1.82, 2.24) is 19.9 Å². The lowest BCUT2D eigenvalue weighted by Crippen LogP contribution is -2.35. The molecule has 2 N–H and O–H groups in total. The van der Waals surface area contributed by atoms with Crippen LogP contribution < -0.4 is 5.56 Å². The van der Waals surface area contributed by atoms with Crippen molar-refractivity contribution in [2.45, 2.75) is 26.4 Å². The van der Waals surface area contributed by atoms with Gasteiger partial charge in [0.05, 0.1) is 5.69 Å². The van der Waals surface area contributed by atoms with Gasteiger partial charge in [0.25, 0.3) is 5.56 Å². The standard InChI is InChI=1S/C17H18N4O/c1-11-19-16-10-21(7-5-14(16)17(22)20-11)9-12-2-3-15-13(8-12)4-6-18-15/h2-4,6,8,18H,5,7,9-10H2,1H3,(H,19,20,22).